The lowest BCUT2D eigenvalue weighted by Gasteiger charge is -2.28. The highest BCUT2D eigenvalue weighted by Crippen LogP contribution is 2.44. The molecule has 2 atom stereocenters. The van der Waals surface area contributed by atoms with Gasteiger partial charge in [0.05, 0.1) is 23.5 Å². The molecule has 2 aromatic carbocycles. The van der Waals surface area contributed by atoms with Crippen molar-refractivity contribution in [1.82, 2.24) is 14.9 Å². The molecule has 1 aliphatic heterocycles. The van der Waals surface area contributed by atoms with Crippen molar-refractivity contribution in [1.29, 1.82) is 0 Å². The summed E-state index contributed by atoms with van der Waals surface area (Å²) >= 11 is 9.48. The third kappa shape index (κ3) is 4.19. The fraction of sp³-hybridized carbons (Fsp3) is 0.241. The molecule has 1 saturated heterocycles. The number of halogens is 1. The molecule has 0 saturated carbocycles. The summed E-state index contributed by atoms with van der Waals surface area (Å²) < 4.78 is 3.44. The van der Waals surface area contributed by atoms with Crippen molar-refractivity contribution in [3.8, 4) is 5.69 Å². The summed E-state index contributed by atoms with van der Waals surface area (Å²) in [6.45, 7) is 11.0. The van der Waals surface area contributed by atoms with Gasteiger partial charge in [0.2, 0.25) is 0 Å². The predicted molar refractivity (Wildman–Crippen MR) is 152 cm³/mol. The average molecular weight is 546 g/mol. The van der Waals surface area contributed by atoms with Crippen LogP contribution in [0.2, 0.25) is 0 Å². The standard InChI is InChI=1S/C29H29BrN4S/c1-17-14-18(2)27(19(3)15-17)33-20(4)16-24(21(33)5)28-26(25-8-6-7-13-31-25)32-29(35)34(28)23-11-9-22(30)10-12-23/h6-16,26,28H,1-5H3,(H,32,35)/t26-,28-/m0/s1. The summed E-state index contributed by atoms with van der Waals surface area (Å²) in [5, 5.41) is 4.29. The zero-order valence-corrected chi connectivity index (χ0v) is 23.0. The van der Waals surface area contributed by atoms with Gasteiger partial charge >= 0.3 is 0 Å². The van der Waals surface area contributed by atoms with E-state index >= 15 is 0 Å². The minimum absolute atomic E-state index is 0.0374. The second kappa shape index (κ2) is 9.25. The maximum absolute atomic E-state index is 5.91. The fourth-order valence-corrected chi connectivity index (χ4v) is 6.12. The van der Waals surface area contributed by atoms with Gasteiger partial charge in [-0.25, -0.2) is 0 Å². The van der Waals surface area contributed by atoms with Gasteiger partial charge in [-0.05, 0) is 106 Å². The van der Waals surface area contributed by atoms with Gasteiger partial charge in [-0.3, -0.25) is 4.98 Å². The van der Waals surface area contributed by atoms with E-state index in [2.05, 4.69) is 114 Å². The summed E-state index contributed by atoms with van der Waals surface area (Å²) in [5.41, 5.74) is 10.8. The van der Waals surface area contributed by atoms with Crippen LogP contribution in [0.25, 0.3) is 5.69 Å². The van der Waals surface area contributed by atoms with Crippen LogP contribution in [0.3, 0.4) is 0 Å². The first kappa shape index (κ1) is 23.8. The van der Waals surface area contributed by atoms with Gasteiger partial charge in [0, 0.05) is 27.7 Å². The van der Waals surface area contributed by atoms with Crippen molar-refractivity contribution in [2.24, 2.45) is 0 Å². The smallest absolute Gasteiger partial charge is 0.174 e. The highest BCUT2D eigenvalue weighted by Gasteiger charge is 2.42. The van der Waals surface area contributed by atoms with Gasteiger partial charge in [-0.1, -0.05) is 39.7 Å². The van der Waals surface area contributed by atoms with Crippen LogP contribution >= 0.6 is 28.1 Å². The Morgan fingerprint density at radius 3 is 2.23 bits per heavy atom. The minimum atomic E-state index is -0.0680. The third-order valence-corrected chi connectivity index (χ3v) is 7.69. The number of hydrogen-bond acceptors (Lipinski definition) is 2. The highest BCUT2D eigenvalue weighted by molar-refractivity contribution is 9.10. The molecule has 0 bridgehead atoms. The van der Waals surface area contributed by atoms with E-state index in [1.165, 1.54) is 39.3 Å². The van der Waals surface area contributed by atoms with Gasteiger partial charge in [0.25, 0.3) is 0 Å². The molecule has 0 spiro atoms. The van der Waals surface area contributed by atoms with Gasteiger partial charge in [0.1, 0.15) is 0 Å². The summed E-state index contributed by atoms with van der Waals surface area (Å²) in [7, 11) is 0. The molecule has 1 aliphatic rings. The Hall–Kier alpha value is -2.96. The van der Waals surface area contributed by atoms with Crippen molar-refractivity contribution >= 4 is 38.9 Å². The van der Waals surface area contributed by atoms with Crippen LogP contribution in [0.4, 0.5) is 5.69 Å². The number of anilines is 1. The van der Waals surface area contributed by atoms with Crippen molar-refractivity contribution < 1.29 is 0 Å². The molecule has 0 unspecified atom stereocenters. The van der Waals surface area contributed by atoms with Crippen LogP contribution in [0.5, 0.6) is 0 Å². The topological polar surface area (TPSA) is 33.1 Å². The Kier molecular flexibility index (Phi) is 6.28. The van der Waals surface area contributed by atoms with E-state index < -0.39 is 0 Å². The lowest BCUT2D eigenvalue weighted by atomic mass is 9.96. The van der Waals surface area contributed by atoms with Crippen LogP contribution in [-0.2, 0) is 0 Å². The van der Waals surface area contributed by atoms with E-state index in [0.29, 0.717) is 5.11 Å². The second-order valence-electron chi connectivity index (χ2n) is 9.38. The molecule has 4 aromatic rings. The quantitative estimate of drug-likeness (QED) is 0.272. The zero-order valence-electron chi connectivity index (χ0n) is 20.6. The fourth-order valence-electron chi connectivity index (χ4n) is 5.51. The molecule has 0 amide bonds. The van der Waals surface area contributed by atoms with Crippen LogP contribution in [0.15, 0.2) is 71.3 Å². The molecule has 5 rings (SSSR count). The molecule has 178 valence electrons. The van der Waals surface area contributed by atoms with E-state index in [-0.39, 0.29) is 12.1 Å². The number of aryl methyl sites for hydroxylation is 4. The Morgan fingerprint density at radius 1 is 0.914 bits per heavy atom. The number of benzene rings is 2. The summed E-state index contributed by atoms with van der Waals surface area (Å²) in [4.78, 5) is 6.94. The van der Waals surface area contributed by atoms with E-state index in [1.807, 2.05) is 18.3 Å². The molecule has 35 heavy (non-hydrogen) atoms. The number of aromatic nitrogens is 2. The third-order valence-electron chi connectivity index (χ3n) is 6.85. The Morgan fingerprint density at radius 2 is 1.60 bits per heavy atom. The van der Waals surface area contributed by atoms with Gasteiger partial charge in [-0.15, -0.1) is 0 Å². The van der Waals surface area contributed by atoms with Crippen molar-refractivity contribution in [2.45, 2.75) is 46.7 Å². The van der Waals surface area contributed by atoms with E-state index in [4.69, 9.17) is 17.2 Å². The monoisotopic (exact) mass is 544 g/mol. The molecule has 0 aliphatic carbocycles. The Bertz CT molecular complexity index is 1390. The number of rotatable bonds is 4. The first-order chi connectivity index (χ1) is 16.8. The minimum Gasteiger partial charge on any atom is -0.351 e. The SMILES string of the molecule is Cc1cc(C)c(-n2c(C)cc([C@H]3[C@H](c4ccccn4)NC(=S)N3c3ccc(Br)cc3)c2C)c(C)c1. The van der Waals surface area contributed by atoms with Gasteiger partial charge < -0.3 is 14.8 Å². The van der Waals surface area contributed by atoms with Gasteiger partial charge in [0.15, 0.2) is 5.11 Å². The highest BCUT2D eigenvalue weighted by atomic mass is 79.9. The summed E-state index contributed by atoms with van der Waals surface area (Å²) in [5.74, 6) is 0. The van der Waals surface area contributed by atoms with Crippen LogP contribution < -0.4 is 10.2 Å². The van der Waals surface area contributed by atoms with Crippen molar-refractivity contribution in [2.75, 3.05) is 4.90 Å². The lowest BCUT2D eigenvalue weighted by molar-refractivity contribution is 0.565. The first-order valence-corrected chi connectivity index (χ1v) is 13.0. The predicted octanol–water partition coefficient (Wildman–Crippen LogP) is 7.35. The lowest BCUT2D eigenvalue weighted by Crippen LogP contribution is -2.29. The number of nitrogens with zero attached hydrogens (tertiary/aromatic N) is 3. The van der Waals surface area contributed by atoms with Crippen molar-refractivity contribution in [3.05, 3.63) is 111 Å². The maximum Gasteiger partial charge on any atom is 0.174 e. The number of hydrogen-bond donors (Lipinski definition) is 1. The average Bonchev–Trinajstić information content (AvgIpc) is 3.30. The molecule has 4 nitrogen and oxygen atoms in total. The normalized spacial score (nSPS) is 17.7. The van der Waals surface area contributed by atoms with Crippen LogP contribution in [0, 0.1) is 34.6 Å². The number of thiocarbonyl (C=S) groups is 1. The molecule has 0 radical (unpaired) electrons. The Labute approximate surface area is 221 Å². The molecule has 1 N–H and O–H groups in total. The van der Waals surface area contributed by atoms with E-state index in [1.54, 1.807) is 0 Å². The molecule has 6 heteroatoms. The molecule has 2 aromatic heterocycles. The first-order valence-electron chi connectivity index (χ1n) is 11.8. The van der Waals surface area contributed by atoms with E-state index in [9.17, 15) is 0 Å². The second-order valence-corrected chi connectivity index (χ2v) is 10.7. The van der Waals surface area contributed by atoms with Crippen LogP contribution in [-0.4, -0.2) is 14.7 Å². The van der Waals surface area contributed by atoms with Crippen LogP contribution in [0.1, 0.15) is 51.4 Å². The molecule has 1 fully saturated rings. The summed E-state index contributed by atoms with van der Waals surface area (Å²) in [6, 6.07) is 21.1. The molecular weight excluding hydrogens is 516 g/mol. The summed E-state index contributed by atoms with van der Waals surface area (Å²) in [6.07, 6.45) is 1.85. The Balaban J connectivity index is 1.71. The number of nitrogens with one attached hydrogen (secondary N) is 1. The maximum atomic E-state index is 5.91. The van der Waals surface area contributed by atoms with E-state index in [0.717, 1.165) is 15.9 Å². The molecular formula is C29H29BrN4S. The number of pyridine rings is 1. The largest absolute Gasteiger partial charge is 0.351 e. The zero-order chi connectivity index (χ0) is 24.9. The van der Waals surface area contributed by atoms with Crippen molar-refractivity contribution in [3.63, 3.8) is 0 Å². The van der Waals surface area contributed by atoms with Gasteiger partial charge in [-0.2, -0.15) is 0 Å². The molecule has 3 heterocycles.